The first-order valence-electron chi connectivity index (χ1n) is 7.37. The molecule has 5 heteroatoms. The van der Waals surface area contributed by atoms with E-state index in [0.717, 1.165) is 43.2 Å². The second-order valence-electron chi connectivity index (χ2n) is 4.92. The van der Waals surface area contributed by atoms with Crippen LogP contribution in [0.5, 0.6) is 0 Å². The van der Waals surface area contributed by atoms with Crippen LogP contribution < -0.4 is 10.2 Å². The van der Waals surface area contributed by atoms with Crippen LogP contribution in [0.1, 0.15) is 31.6 Å². The van der Waals surface area contributed by atoms with Crippen LogP contribution in [0.4, 0.5) is 5.82 Å². The van der Waals surface area contributed by atoms with Gasteiger partial charge in [0.2, 0.25) is 0 Å². The Labute approximate surface area is 131 Å². The molecule has 0 aliphatic rings. The Morgan fingerprint density at radius 1 is 1.38 bits per heavy atom. The third kappa shape index (κ3) is 4.48. The molecule has 0 radical (unpaired) electrons. The zero-order valence-electron chi connectivity index (χ0n) is 12.6. The summed E-state index contributed by atoms with van der Waals surface area (Å²) in [6.45, 7) is 7.52. The van der Waals surface area contributed by atoms with Gasteiger partial charge in [-0.3, -0.25) is 0 Å². The van der Waals surface area contributed by atoms with Gasteiger partial charge < -0.3 is 14.6 Å². The number of rotatable bonds is 8. The monoisotopic (exact) mass is 307 g/mol. The highest BCUT2D eigenvalue weighted by atomic mass is 35.5. The van der Waals surface area contributed by atoms with Gasteiger partial charge in [-0.05, 0) is 43.7 Å². The number of furan rings is 1. The minimum atomic E-state index is 0.670. The van der Waals surface area contributed by atoms with Crippen LogP contribution in [-0.4, -0.2) is 18.1 Å². The van der Waals surface area contributed by atoms with Gasteiger partial charge >= 0.3 is 0 Å². The molecule has 21 heavy (non-hydrogen) atoms. The highest BCUT2D eigenvalue weighted by molar-refractivity contribution is 6.33. The summed E-state index contributed by atoms with van der Waals surface area (Å²) in [5, 5.41) is 4.03. The lowest BCUT2D eigenvalue weighted by Crippen LogP contribution is -2.23. The molecule has 114 valence electrons. The second-order valence-corrected chi connectivity index (χ2v) is 5.33. The average molecular weight is 308 g/mol. The van der Waals surface area contributed by atoms with Crippen LogP contribution in [0.3, 0.4) is 0 Å². The third-order valence-electron chi connectivity index (χ3n) is 3.24. The van der Waals surface area contributed by atoms with Crippen molar-refractivity contribution in [2.24, 2.45) is 0 Å². The van der Waals surface area contributed by atoms with Crippen molar-refractivity contribution in [2.45, 2.75) is 33.4 Å². The molecule has 2 aromatic heterocycles. The first kappa shape index (κ1) is 15.9. The maximum atomic E-state index is 6.39. The molecule has 0 unspecified atom stereocenters. The van der Waals surface area contributed by atoms with Gasteiger partial charge in [0.15, 0.2) is 0 Å². The number of nitrogens with one attached hydrogen (secondary N) is 1. The Morgan fingerprint density at radius 3 is 2.86 bits per heavy atom. The molecule has 0 saturated heterocycles. The normalized spacial score (nSPS) is 10.8. The number of pyridine rings is 1. The molecule has 0 aromatic carbocycles. The van der Waals surface area contributed by atoms with Gasteiger partial charge in [-0.25, -0.2) is 4.98 Å². The van der Waals surface area contributed by atoms with Gasteiger partial charge in [0, 0.05) is 19.3 Å². The Hall–Kier alpha value is -1.52. The molecule has 1 N–H and O–H groups in total. The topological polar surface area (TPSA) is 41.3 Å². The quantitative estimate of drug-likeness (QED) is 0.752. The zero-order valence-corrected chi connectivity index (χ0v) is 13.4. The van der Waals surface area contributed by atoms with Crippen LogP contribution in [0.25, 0.3) is 0 Å². The van der Waals surface area contributed by atoms with Crippen LogP contribution in [0.15, 0.2) is 35.1 Å². The fourth-order valence-electron chi connectivity index (χ4n) is 2.14. The largest absolute Gasteiger partial charge is 0.467 e. The number of nitrogens with zero attached hydrogens (tertiary/aromatic N) is 2. The van der Waals surface area contributed by atoms with Crippen molar-refractivity contribution in [1.82, 2.24) is 10.3 Å². The lowest BCUT2D eigenvalue weighted by atomic mass is 10.2. The highest BCUT2D eigenvalue weighted by Gasteiger charge is 2.13. The van der Waals surface area contributed by atoms with Crippen molar-refractivity contribution in [1.29, 1.82) is 0 Å². The summed E-state index contributed by atoms with van der Waals surface area (Å²) < 4.78 is 5.39. The standard InChI is InChI=1S/C16H22ClN3O/c1-3-7-18-10-13-9-15(17)16(19-11-13)20(4-2)12-14-6-5-8-21-14/h5-6,8-9,11,18H,3-4,7,10,12H2,1-2H3. The summed E-state index contributed by atoms with van der Waals surface area (Å²) in [7, 11) is 0. The van der Waals surface area contributed by atoms with Crippen LogP contribution in [0, 0.1) is 0 Å². The van der Waals surface area contributed by atoms with E-state index in [4.69, 9.17) is 16.0 Å². The van der Waals surface area contributed by atoms with E-state index < -0.39 is 0 Å². The summed E-state index contributed by atoms with van der Waals surface area (Å²) >= 11 is 6.39. The number of hydrogen-bond acceptors (Lipinski definition) is 4. The summed E-state index contributed by atoms with van der Waals surface area (Å²) in [5.74, 6) is 1.71. The van der Waals surface area contributed by atoms with Crippen molar-refractivity contribution in [2.75, 3.05) is 18.0 Å². The van der Waals surface area contributed by atoms with Crippen LogP contribution >= 0.6 is 11.6 Å². The summed E-state index contributed by atoms with van der Waals surface area (Å²) in [4.78, 5) is 6.62. The van der Waals surface area contributed by atoms with Crippen molar-refractivity contribution < 1.29 is 4.42 Å². The van der Waals surface area contributed by atoms with E-state index >= 15 is 0 Å². The smallest absolute Gasteiger partial charge is 0.147 e. The lowest BCUT2D eigenvalue weighted by Gasteiger charge is -2.22. The predicted molar refractivity (Wildman–Crippen MR) is 86.7 cm³/mol. The Balaban J connectivity index is 2.07. The van der Waals surface area contributed by atoms with E-state index in [0.29, 0.717) is 11.6 Å². The Bertz CT molecular complexity index is 542. The van der Waals surface area contributed by atoms with E-state index in [-0.39, 0.29) is 0 Å². The maximum Gasteiger partial charge on any atom is 0.147 e. The van der Waals surface area contributed by atoms with Gasteiger partial charge in [-0.1, -0.05) is 18.5 Å². The van der Waals surface area contributed by atoms with Crippen molar-refractivity contribution in [3.05, 3.63) is 47.0 Å². The van der Waals surface area contributed by atoms with Crippen LogP contribution in [-0.2, 0) is 13.1 Å². The van der Waals surface area contributed by atoms with E-state index in [1.54, 1.807) is 6.26 Å². The molecule has 0 bridgehead atoms. The number of hydrogen-bond donors (Lipinski definition) is 1. The van der Waals surface area contributed by atoms with Crippen molar-refractivity contribution >= 4 is 17.4 Å². The fourth-order valence-corrected chi connectivity index (χ4v) is 2.44. The molecule has 0 amide bonds. The molecule has 0 atom stereocenters. The Kier molecular flexibility index (Phi) is 6.08. The molecule has 2 aromatic rings. The third-order valence-corrected chi connectivity index (χ3v) is 3.52. The number of anilines is 1. The molecule has 2 rings (SSSR count). The van der Waals surface area contributed by atoms with Gasteiger partial charge in [0.05, 0.1) is 17.8 Å². The van der Waals surface area contributed by atoms with Crippen molar-refractivity contribution in [3.63, 3.8) is 0 Å². The molecule has 0 saturated carbocycles. The summed E-state index contributed by atoms with van der Waals surface area (Å²) in [6.07, 6.45) is 4.68. The molecule has 0 fully saturated rings. The average Bonchev–Trinajstić information content (AvgIpc) is 2.99. The molecular weight excluding hydrogens is 286 g/mol. The fraction of sp³-hybridized carbons (Fsp3) is 0.438. The first-order valence-corrected chi connectivity index (χ1v) is 7.74. The summed E-state index contributed by atoms with van der Waals surface area (Å²) in [6, 6.07) is 5.83. The number of halogens is 1. The van der Waals surface area contributed by atoms with Gasteiger partial charge in [-0.15, -0.1) is 0 Å². The molecular formula is C16H22ClN3O. The molecule has 2 heterocycles. The lowest BCUT2D eigenvalue weighted by molar-refractivity contribution is 0.503. The maximum absolute atomic E-state index is 6.39. The molecule has 4 nitrogen and oxygen atoms in total. The minimum Gasteiger partial charge on any atom is -0.467 e. The first-order chi connectivity index (χ1) is 10.2. The van der Waals surface area contributed by atoms with Crippen LogP contribution in [0.2, 0.25) is 5.02 Å². The summed E-state index contributed by atoms with van der Waals surface area (Å²) in [5.41, 5.74) is 1.10. The van der Waals surface area contributed by atoms with Gasteiger partial charge in [0.25, 0.3) is 0 Å². The Morgan fingerprint density at radius 2 is 2.24 bits per heavy atom. The van der Waals surface area contributed by atoms with E-state index in [1.165, 1.54) is 0 Å². The van der Waals surface area contributed by atoms with Gasteiger partial charge in [-0.2, -0.15) is 0 Å². The van der Waals surface area contributed by atoms with Gasteiger partial charge in [0.1, 0.15) is 11.6 Å². The number of aromatic nitrogens is 1. The molecule has 0 spiro atoms. The minimum absolute atomic E-state index is 0.670. The van der Waals surface area contributed by atoms with E-state index in [2.05, 4.69) is 29.0 Å². The second kappa shape index (κ2) is 8.05. The zero-order chi connectivity index (χ0) is 15.1. The molecule has 0 aliphatic carbocycles. The van der Waals surface area contributed by atoms with E-state index in [1.807, 2.05) is 24.4 Å². The van der Waals surface area contributed by atoms with Crippen molar-refractivity contribution in [3.8, 4) is 0 Å². The highest BCUT2D eigenvalue weighted by Crippen LogP contribution is 2.25. The predicted octanol–water partition coefficient (Wildman–Crippen LogP) is 3.85. The SMILES string of the molecule is CCCNCc1cnc(N(CC)Cc2ccco2)c(Cl)c1. The van der Waals surface area contributed by atoms with E-state index in [9.17, 15) is 0 Å². The molecule has 0 aliphatic heterocycles.